The summed E-state index contributed by atoms with van der Waals surface area (Å²) in [6.07, 6.45) is -0.779. The van der Waals surface area contributed by atoms with E-state index in [-0.39, 0.29) is 0 Å². The first kappa shape index (κ1) is 24.2. The van der Waals surface area contributed by atoms with Gasteiger partial charge >= 0.3 is 12.1 Å². The zero-order chi connectivity index (χ0) is 23.8. The molecule has 0 radical (unpaired) electrons. The number of hydrogen-bond donors (Lipinski definition) is 3. The Morgan fingerprint density at radius 3 is 2.47 bits per heavy atom. The van der Waals surface area contributed by atoms with E-state index in [1.165, 1.54) is 16.7 Å². The van der Waals surface area contributed by atoms with Gasteiger partial charge in [0.05, 0.1) is 4.87 Å². The van der Waals surface area contributed by atoms with E-state index in [9.17, 15) is 24.3 Å². The van der Waals surface area contributed by atoms with E-state index in [1.54, 1.807) is 58.0 Å². The highest BCUT2D eigenvalue weighted by atomic mass is 35.5. The highest BCUT2D eigenvalue weighted by molar-refractivity contribution is 8.00. The van der Waals surface area contributed by atoms with Gasteiger partial charge in [-0.1, -0.05) is 30.3 Å². The molecule has 1 aromatic carbocycles. The summed E-state index contributed by atoms with van der Waals surface area (Å²) in [5.41, 5.74) is -0.252. The van der Waals surface area contributed by atoms with Crippen molar-refractivity contribution >= 4 is 47.2 Å². The number of thioether (sulfide) groups is 1. The molecule has 2 aliphatic heterocycles. The summed E-state index contributed by atoms with van der Waals surface area (Å²) in [6.45, 7) is 6.69. The maximum absolute atomic E-state index is 13.1. The van der Waals surface area contributed by atoms with E-state index in [0.29, 0.717) is 11.3 Å². The second-order valence-electron chi connectivity index (χ2n) is 8.94. The normalized spacial score (nSPS) is 28.1. The van der Waals surface area contributed by atoms with E-state index in [4.69, 9.17) is 16.3 Å². The number of ether oxygens (including phenoxy) is 1. The minimum absolute atomic E-state index is 0.296. The number of hydrogen-bond acceptors (Lipinski definition) is 6. The lowest BCUT2D eigenvalue weighted by atomic mass is 9.94. The van der Waals surface area contributed by atoms with Crippen LogP contribution in [0.25, 0.3) is 0 Å². The molecule has 3 N–H and O–H groups in total. The molecule has 174 valence electrons. The minimum Gasteiger partial charge on any atom is -0.480 e. The molecule has 0 aliphatic carbocycles. The third kappa shape index (κ3) is 4.96. The van der Waals surface area contributed by atoms with Gasteiger partial charge in [-0.2, -0.15) is 0 Å². The first-order valence-electron chi connectivity index (χ1n) is 10.0. The zero-order valence-electron chi connectivity index (χ0n) is 18.1. The first-order chi connectivity index (χ1) is 14.8. The van der Waals surface area contributed by atoms with Gasteiger partial charge in [-0.15, -0.1) is 23.4 Å². The number of alkyl halides is 1. The van der Waals surface area contributed by atoms with Gasteiger partial charge in [0.2, 0.25) is 11.8 Å². The number of nitrogens with zero attached hydrogens (tertiary/aromatic N) is 1. The Morgan fingerprint density at radius 1 is 1.28 bits per heavy atom. The van der Waals surface area contributed by atoms with Gasteiger partial charge in [0.15, 0.2) is 0 Å². The summed E-state index contributed by atoms with van der Waals surface area (Å²) in [4.78, 5) is 50.0. The molecule has 0 bridgehead atoms. The van der Waals surface area contributed by atoms with Crippen LogP contribution in [0.3, 0.4) is 0 Å². The zero-order valence-corrected chi connectivity index (χ0v) is 19.7. The molecular weight excluding hydrogens is 458 g/mol. The van der Waals surface area contributed by atoms with Gasteiger partial charge in [0, 0.05) is 5.75 Å². The molecule has 2 saturated heterocycles. The lowest BCUT2D eigenvalue weighted by Crippen LogP contribution is -2.78. The lowest BCUT2D eigenvalue weighted by Gasteiger charge is -2.56. The lowest BCUT2D eigenvalue weighted by molar-refractivity contribution is -0.164. The predicted molar refractivity (Wildman–Crippen MR) is 119 cm³/mol. The third-order valence-corrected chi connectivity index (χ3v) is 7.16. The van der Waals surface area contributed by atoms with Crippen molar-refractivity contribution in [2.24, 2.45) is 0 Å². The maximum atomic E-state index is 13.1. The van der Waals surface area contributed by atoms with Gasteiger partial charge in [-0.05, 0) is 33.3 Å². The van der Waals surface area contributed by atoms with Crippen LogP contribution in [0, 0.1) is 0 Å². The van der Waals surface area contributed by atoms with E-state index < -0.39 is 57.9 Å². The molecule has 3 rings (SSSR count). The van der Waals surface area contributed by atoms with E-state index in [0.717, 1.165) is 0 Å². The highest BCUT2D eigenvalue weighted by Gasteiger charge is 2.61. The van der Waals surface area contributed by atoms with Crippen LogP contribution in [0.15, 0.2) is 30.3 Å². The van der Waals surface area contributed by atoms with Gasteiger partial charge in [0.25, 0.3) is 0 Å². The molecule has 2 aliphatic rings. The molecule has 11 heteroatoms. The van der Waals surface area contributed by atoms with Crippen LogP contribution in [0.4, 0.5) is 4.79 Å². The monoisotopic (exact) mass is 483 g/mol. The van der Waals surface area contributed by atoms with Crippen LogP contribution >= 0.6 is 23.4 Å². The molecule has 2 fully saturated rings. The van der Waals surface area contributed by atoms with Gasteiger partial charge in [-0.3, -0.25) is 9.59 Å². The maximum Gasteiger partial charge on any atom is 0.408 e. The molecule has 2 heterocycles. The van der Waals surface area contributed by atoms with Crippen LogP contribution in [0.2, 0.25) is 0 Å². The fraction of sp³-hybridized carbons (Fsp3) is 0.524. The molecule has 32 heavy (non-hydrogen) atoms. The Morgan fingerprint density at radius 2 is 1.91 bits per heavy atom. The van der Waals surface area contributed by atoms with Crippen LogP contribution in [-0.2, 0) is 19.1 Å². The number of nitrogens with one attached hydrogen (secondary N) is 2. The van der Waals surface area contributed by atoms with Gasteiger partial charge in [-0.25, -0.2) is 9.59 Å². The number of carboxylic acid groups (broad SMARTS) is 1. The number of alkyl carbamates (subject to hydrolysis) is 1. The van der Waals surface area contributed by atoms with Crippen LogP contribution in [0.5, 0.6) is 0 Å². The Labute approximate surface area is 195 Å². The molecule has 9 nitrogen and oxygen atoms in total. The Bertz CT molecular complexity index is 920. The third-order valence-electron chi connectivity index (χ3n) is 5.05. The topological polar surface area (TPSA) is 125 Å². The highest BCUT2D eigenvalue weighted by Crippen LogP contribution is 2.45. The SMILES string of the molecule is CC(C)(C)OC(=O)NC(C(=O)N[C@@H]1C(=O)N2[C@@H](C(=O)O)[C@](C)(Cl)CS[C@@H]12)c1ccccc1. The summed E-state index contributed by atoms with van der Waals surface area (Å²) >= 11 is 7.65. The van der Waals surface area contributed by atoms with Crippen molar-refractivity contribution in [3.8, 4) is 0 Å². The molecule has 5 atom stereocenters. The second kappa shape index (κ2) is 8.82. The smallest absolute Gasteiger partial charge is 0.408 e. The molecule has 0 spiro atoms. The van der Waals surface area contributed by atoms with Crippen molar-refractivity contribution in [3.63, 3.8) is 0 Å². The average molecular weight is 484 g/mol. The molecular formula is C21H26ClN3O6S. The molecule has 1 aromatic rings. The minimum atomic E-state index is -1.19. The standard InChI is InChI=1S/C21H26ClN3O6S/c1-20(2,3)31-19(30)24-12(11-8-6-5-7-9-11)15(26)23-13-16(27)25-14(18(28)29)21(4,22)10-32-17(13)25/h5-9,12-14,17H,10H2,1-4H3,(H,23,26)(H,24,30)(H,28,29)/t12?,13-,14+,17+,21-/m1/s1. The number of rotatable bonds is 5. The Hall–Kier alpha value is -2.46. The quantitative estimate of drug-likeness (QED) is 0.432. The number of aliphatic carboxylic acids is 1. The number of amides is 3. The van der Waals surface area contributed by atoms with Crippen molar-refractivity contribution in [1.82, 2.24) is 15.5 Å². The predicted octanol–water partition coefficient (Wildman–Crippen LogP) is 2.10. The second-order valence-corrected chi connectivity index (χ2v) is 10.9. The van der Waals surface area contributed by atoms with E-state index >= 15 is 0 Å². The summed E-state index contributed by atoms with van der Waals surface area (Å²) in [5.74, 6) is -2.03. The summed E-state index contributed by atoms with van der Waals surface area (Å²) in [5, 5.41) is 14.2. The number of halogens is 1. The van der Waals surface area contributed by atoms with Gasteiger partial charge in [0.1, 0.15) is 29.1 Å². The molecule has 1 unspecified atom stereocenters. The number of fused-ring (bicyclic) bond motifs is 1. The number of carbonyl (C=O) groups excluding carboxylic acids is 3. The fourth-order valence-corrected chi connectivity index (χ4v) is 5.48. The number of carbonyl (C=O) groups is 4. The Balaban J connectivity index is 1.76. The van der Waals surface area contributed by atoms with Crippen LogP contribution in [-0.4, -0.2) is 67.6 Å². The fourth-order valence-electron chi connectivity index (χ4n) is 3.67. The van der Waals surface area contributed by atoms with E-state index in [1.807, 2.05) is 0 Å². The first-order valence-corrected chi connectivity index (χ1v) is 11.4. The largest absolute Gasteiger partial charge is 0.480 e. The van der Waals surface area contributed by atoms with Gasteiger partial charge < -0.3 is 25.4 Å². The average Bonchev–Trinajstić information content (AvgIpc) is 2.68. The number of carboxylic acids is 1. The summed E-state index contributed by atoms with van der Waals surface area (Å²) < 4.78 is 5.27. The number of β-lactam (4-membered cyclic amide) rings is 1. The van der Waals surface area contributed by atoms with Crippen molar-refractivity contribution in [3.05, 3.63) is 35.9 Å². The summed E-state index contributed by atoms with van der Waals surface area (Å²) in [7, 11) is 0. The summed E-state index contributed by atoms with van der Waals surface area (Å²) in [6, 6.07) is 5.34. The van der Waals surface area contributed by atoms with Crippen molar-refractivity contribution in [1.29, 1.82) is 0 Å². The molecule has 3 amide bonds. The molecule has 0 aromatic heterocycles. The van der Waals surface area contributed by atoms with Crippen molar-refractivity contribution < 1.29 is 29.0 Å². The Kier molecular flexibility index (Phi) is 6.67. The van der Waals surface area contributed by atoms with Crippen LogP contribution < -0.4 is 10.6 Å². The van der Waals surface area contributed by atoms with Crippen molar-refractivity contribution in [2.75, 3.05) is 5.75 Å². The van der Waals surface area contributed by atoms with Crippen LogP contribution in [0.1, 0.15) is 39.3 Å². The van der Waals surface area contributed by atoms with E-state index in [2.05, 4.69) is 10.6 Å². The number of benzene rings is 1. The molecule has 0 saturated carbocycles. The van der Waals surface area contributed by atoms with Crippen molar-refractivity contribution in [2.45, 2.75) is 61.7 Å².